The van der Waals surface area contributed by atoms with Crippen LogP contribution in [-0.2, 0) is 13.6 Å². The van der Waals surface area contributed by atoms with E-state index in [-0.39, 0.29) is 0 Å². The third-order valence-electron chi connectivity index (χ3n) is 4.22. The molecule has 0 aliphatic rings. The third-order valence-corrected chi connectivity index (χ3v) is 5.01. The van der Waals surface area contributed by atoms with Crippen molar-refractivity contribution in [3.05, 3.63) is 57.1 Å². The molecule has 0 fully saturated rings. The minimum atomic E-state index is 0.487. The fourth-order valence-corrected chi connectivity index (χ4v) is 3.51. The van der Waals surface area contributed by atoms with Crippen molar-refractivity contribution in [1.82, 2.24) is 19.6 Å². The molecule has 0 amide bonds. The molecule has 3 rings (SSSR count). The van der Waals surface area contributed by atoms with Gasteiger partial charge in [-0.1, -0.05) is 29.3 Å². The molecule has 2 N–H and O–H groups in total. The molecule has 1 aromatic carbocycles. The van der Waals surface area contributed by atoms with Crippen molar-refractivity contribution >= 4 is 51.9 Å². The van der Waals surface area contributed by atoms with Crippen LogP contribution in [0.2, 0.25) is 10.0 Å². The number of thiocarbonyl (C=S) groups is 1. The predicted molar refractivity (Wildman–Crippen MR) is 115 cm³/mol. The van der Waals surface area contributed by atoms with Crippen molar-refractivity contribution in [2.75, 3.05) is 10.6 Å². The van der Waals surface area contributed by atoms with E-state index in [0.717, 1.165) is 34.0 Å². The summed E-state index contributed by atoms with van der Waals surface area (Å²) in [6.45, 7) is 6.40. The lowest BCUT2D eigenvalue weighted by molar-refractivity contribution is 0.659. The molecular weight excluding hydrogens is 403 g/mol. The van der Waals surface area contributed by atoms with Gasteiger partial charge in [-0.15, -0.1) is 0 Å². The maximum absolute atomic E-state index is 6.29. The van der Waals surface area contributed by atoms with E-state index < -0.39 is 0 Å². The predicted octanol–water partition coefficient (Wildman–Crippen LogP) is 4.71. The third kappa shape index (κ3) is 4.43. The second-order valence-corrected chi connectivity index (χ2v) is 7.57. The Balaban J connectivity index is 1.77. The molecule has 0 aliphatic heterocycles. The van der Waals surface area contributed by atoms with Crippen LogP contribution in [0.1, 0.15) is 22.6 Å². The van der Waals surface area contributed by atoms with E-state index in [2.05, 4.69) is 20.8 Å². The first-order chi connectivity index (χ1) is 12.7. The Hall–Kier alpha value is -2.09. The Bertz CT molecular complexity index is 1010. The van der Waals surface area contributed by atoms with Gasteiger partial charge in [0.25, 0.3) is 0 Å². The lowest BCUT2D eigenvalue weighted by atomic mass is 10.2. The first-order valence-electron chi connectivity index (χ1n) is 8.30. The molecule has 9 heteroatoms. The highest BCUT2D eigenvalue weighted by molar-refractivity contribution is 7.80. The van der Waals surface area contributed by atoms with Crippen molar-refractivity contribution in [2.24, 2.45) is 7.05 Å². The van der Waals surface area contributed by atoms with Crippen LogP contribution in [0.5, 0.6) is 0 Å². The van der Waals surface area contributed by atoms with E-state index in [9.17, 15) is 0 Å². The van der Waals surface area contributed by atoms with E-state index >= 15 is 0 Å². The van der Waals surface area contributed by atoms with Gasteiger partial charge in [-0.25, -0.2) is 0 Å². The van der Waals surface area contributed by atoms with Crippen molar-refractivity contribution in [1.29, 1.82) is 0 Å². The minimum absolute atomic E-state index is 0.487. The van der Waals surface area contributed by atoms with Crippen LogP contribution in [0.15, 0.2) is 24.4 Å². The van der Waals surface area contributed by atoms with E-state index in [0.29, 0.717) is 21.7 Å². The molecule has 0 saturated carbocycles. The van der Waals surface area contributed by atoms with Crippen LogP contribution >= 0.6 is 35.4 Å². The standard InChI is InChI=1S/C18H20Cl2N6S/c1-10-16(9-25(4)23-10)21-18(27)22-17-11(2)24-26(12(17)3)8-13-5-6-14(19)7-15(13)20/h5-7,9H,8H2,1-4H3,(H2,21,22,27). The molecule has 0 saturated heterocycles. The number of hydrogen-bond acceptors (Lipinski definition) is 3. The lowest BCUT2D eigenvalue weighted by Gasteiger charge is -2.11. The number of rotatable bonds is 4. The Morgan fingerprint density at radius 1 is 1.11 bits per heavy atom. The molecule has 0 atom stereocenters. The van der Waals surface area contributed by atoms with Gasteiger partial charge >= 0.3 is 0 Å². The first kappa shape index (κ1) is 19.7. The monoisotopic (exact) mass is 422 g/mol. The summed E-state index contributed by atoms with van der Waals surface area (Å²) in [5.74, 6) is 0. The van der Waals surface area contributed by atoms with Gasteiger partial charge < -0.3 is 10.6 Å². The molecule has 0 aliphatic carbocycles. The quantitative estimate of drug-likeness (QED) is 0.596. The number of aromatic nitrogens is 4. The smallest absolute Gasteiger partial charge is 0.175 e. The fourth-order valence-electron chi connectivity index (χ4n) is 2.83. The highest BCUT2D eigenvalue weighted by Gasteiger charge is 2.15. The number of nitrogens with zero attached hydrogens (tertiary/aromatic N) is 4. The van der Waals surface area contributed by atoms with Gasteiger partial charge in [-0.2, -0.15) is 10.2 Å². The topological polar surface area (TPSA) is 59.7 Å². The highest BCUT2D eigenvalue weighted by atomic mass is 35.5. The number of nitrogens with one attached hydrogen (secondary N) is 2. The summed E-state index contributed by atoms with van der Waals surface area (Å²) >= 11 is 17.7. The summed E-state index contributed by atoms with van der Waals surface area (Å²) in [7, 11) is 1.87. The summed E-state index contributed by atoms with van der Waals surface area (Å²) in [6.07, 6.45) is 1.88. The number of anilines is 2. The first-order valence-corrected chi connectivity index (χ1v) is 9.47. The average Bonchev–Trinajstić information content (AvgIpc) is 3.03. The van der Waals surface area contributed by atoms with Gasteiger partial charge in [0, 0.05) is 23.3 Å². The van der Waals surface area contributed by atoms with E-state index in [4.69, 9.17) is 35.4 Å². The summed E-state index contributed by atoms with van der Waals surface area (Å²) in [4.78, 5) is 0. The van der Waals surface area contributed by atoms with Gasteiger partial charge in [-0.05, 0) is 50.7 Å². The Morgan fingerprint density at radius 3 is 2.48 bits per heavy atom. The second kappa shape index (κ2) is 7.88. The Morgan fingerprint density at radius 2 is 1.85 bits per heavy atom. The molecule has 0 bridgehead atoms. The molecule has 0 radical (unpaired) electrons. The Labute approximate surface area is 173 Å². The summed E-state index contributed by atoms with van der Waals surface area (Å²) in [6, 6.07) is 5.47. The summed E-state index contributed by atoms with van der Waals surface area (Å²) in [5.41, 5.74) is 5.38. The van der Waals surface area contributed by atoms with Crippen LogP contribution in [0.3, 0.4) is 0 Å². The fraction of sp³-hybridized carbons (Fsp3) is 0.278. The van der Waals surface area contributed by atoms with Gasteiger partial charge in [0.15, 0.2) is 5.11 Å². The summed E-state index contributed by atoms with van der Waals surface area (Å²) < 4.78 is 3.63. The average molecular weight is 423 g/mol. The van der Waals surface area contributed by atoms with Crippen LogP contribution < -0.4 is 10.6 Å². The zero-order valence-corrected chi connectivity index (χ0v) is 17.8. The lowest BCUT2D eigenvalue weighted by Crippen LogP contribution is -2.20. The number of hydrogen-bond donors (Lipinski definition) is 2. The molecule has 6 nitrogen and oxygen atoms in total. The maximum atomic E-state index is 6.29. The minimum Gasteiger partial charge on any atom is -0.330 e. The summed E-state index contributed by atoms with van der Waals surface area (Å²) in [5, 5.41) is 17.0. The van der Waals surface area contributed by atoms with Gasteiger partial charge in [0.05, 0.1) is 35.0 Å². The molecule has 142 valence electrons. The zero-order chi connectivity index (χ0) is 19.7. The van der Waals surface area contributed by atoms with Gasteiger partial charge in [-0.3, -0.25) is 9.36 Å². The van der Waals surface area contributed by atoms with Gasteiger partial charge in [0.2, 0.25) is 0 Å². The number of aryl methyl sites for hydroxylation is 3. The number of benzene rings is 1. The largest absolute Gasteiger partial charge is 0.330 e. The van der Waals surface area contributed by atoms with Crippen LogP contribution in [0.25, 0.3) is 0 Å². The second-order valence-electron chi connectivity index (χ2n) is 6.32. The molecule has 0 spiro atoms. The van der Waals surface area contributed by atoms with Crippen LogP contribution in [0, 0.1) is 20.8 Å². The molecule has 3 aromatic rings. The maximum Gasteiger partial charge on any atom is 0.175 e. The van der Waals surface area contributed by atoms with Crippen molar-refractivity contribution < 1.29 is 0 Å². The van der Waals surface area contributed by atoms with Crippen molar-refractivity contribution in [3.63, 3.8) is 0 Å². The van der Waals surface area contributed by atoms with Crippen LogP contribution in [-0.4, -0.2) is 24.7 Å². The van der Waals surface area contributed by atoms with E-state index in [1.807, 2.05) is 50.8 Å². The molecule has 2 aromatic heterocycles. The van der Waals surface area contributed by atoms with E-state index in [1.54, 1.807) is 10.7 Å². The normalized spacial score (nSPS) is 10.9. The molecular formula is C18H20Cl2N6S. The van der Waals surface area contributed by atoms with Crippen LogP contribution in [0.4, 0.5) is 11.4 Å². The Kier molecular flexibility index (Phi) is 5.74. The zero-order valence-electron chi connectivity index (χ0n) is 15.5. The number of halogens is 2. The molecule has 2 heterocycles. The van der Waals surface area contributed by atoms with Gasteiger partial charge in [0.1, 0.15) is 0 Å². The SMILES string of the molecule is Cc1nn(C)cc1NC(=S)Nc1c(C)nn(Cc2ccc(Cl)cc2Cl)c1C. The molecule has 27 heavy (non-hydrogen) atoms. The van der Waals surface area contributed by atoms with E-state index in [1.165, 1.54) is 0 Å². The van der Waals surface area contributed by atoms with Crippen molar-refractivity contribution in [3.8, 4) is 0 Å². The van der Waals surface area contributed by atoms with Crippen molar-refractivity contribution in [2.45, 2.75) is 27.3 Å². The highest BCUT2D eigenvalue weighted by Crippen LogP contribution is 2.25. The molecule has 0 unspecified atom stereocenters.